The van der Waals surface area contributed by atoms with Gasteiger partial charge in [-0.2, -0.15) is 0 Å². The van der Waals surface area contributed by atoms with E-state index >= 15 is 0 Å². The Balaban J connectivity index is 2.20. The number of nitrogens with two attached hydrogens (primary N) is 1. The van der Waals surface area contributed by atoms with Gasteiger partial charge in [-0.05, 0) is 53.7 Å². The minimum Gasteiger partial charge on any atom is -0.398 e. The number of hydrogen-bond donors (Lipinski definition) is 2. The maximum atomic E-state index is 13.9. The molecule has 0 bridgehead atoms. The molecule has 0 aromatic heterocycles. The van der Waals surface area contributed by atoms with Gasteiger partial charge in [-0.15, -0.1) is 0 Å². The molecule has 1 saturated carbocycles. The van der Waals surface area contributed by atoms with E-state index < -0.39 is 20.7 Å². The Hall–Kier alpha value is -0.660. The van der Waals surface area contributed by atoms with Crippen LogP contribution in [0.2, 0.25) is 0 Å². The highest BCUT2D eigenvalue weighted by Crippen LogP contribution is 2.29. The first kappa shape index (κ1) is 16.7. The van der Waals surface area contributed by atoms with Crippen LogP contribution in [0.1, 0.15) is 39.0 Å². The molecule has 7 heteroatoms. The van der Waals surface area contributed by atoms with Crippen LogP contribution in [0, 0.1) is 11.7 Å². The SMILES string of the molecule is CC(NS(=O)(=O)c1cc(N)c(Br)cc1F)C1CCCCC1. The standard InChI is InChI=1S/C14H20BrFN2O2S/c1-9(10-5-3-2-4-6-10)18-21(19,20)14-8-13(17)11(15)7-12(14)16/h7-10,18H,2-6,17H2,1H3. The number of nitrogen functional groups attached to an aromatic ring is 1. The quantitative estimate of drug-likeness (QED) is 0.788. The van der Waals surface area contributed by atoms with Crippen LogP contribution in [-0.4, -0.2) is 14.5 Å². The smallest absolute Gasteiger partial charge is 0.243 e. The Morgan fingerprint density at radius 2 is 1.95 bits per heavy atom. The van der Waals surface area contributed by atoms with Gasteiger partial charge < -0.3 is 5.73 Å². The van der Waals surface area contributed by atoms with Crippen molar-refractivity contribution in [2.24, 2.45) is 5.92 Å². The fraction of sp³-hybridized carbons (Fsp3) is 0.571. The van der Waals surface area contributed by atoms with Crippen LogP contribution in [0.3, 0.4) is 0 Å². The summed E-state index contributed by atoms with van der Waals surface area (Å²) < 4.78 is 41.5. The van der Waals surface area contributed by atoms with Crippen molar-refractivity contribution in [3.8, 4) is 0 Å². The van der Waals surface area contributed by atoms with E-state index in [0.29, 0.717) is 10.4 Å². The van der Waals surface area contributed by atoms with Gasteiger partial charge in [0.05, 0.1) is 0 Å². The average Bonchev–Trinajstić information content (AvgIpc) is 2.43. The van der Waals surface area contributed by atoms with Gasteiger partial charge >= 0.3 is 0 Å². The second-order valence-electron chi connectivity index (χ2n) is 5.61. The molecule has 0 spiro atoms. The van der Waals surface area contributed by atoms with Gasteiger partial charge in [0.1, 0.15) is 10.7 Å². The minimum absolute atomic E-state index is 0.196. The number of nitrogens with one attached hydrogen (secondary N) is 1. The predicted octanol–water partition coefficient (Wildman–Crippen LogP) is 3.42. The Morgan fingerprint density at radius 1 is 1.33 bits per heavy atom. The van der Waals surface area contributed by atoms with Crippen LogP contribution in [0.5, 0.6) is 0 Å². The van der Waals surface area contributed by atoms with E-state index in [2.05, 4.69) is 20.7 Å². The molecule has 4 nitrogen and oxygen atoms in total. The lowest BCUT2D eigenvalue weighted by atomic mass is 9.85. The van der Waals surface area contributed by atoms with Crippen molar-refractivity contribution in [1.29, 1.82) is 0 Å². The van der Waals surface area contributed by atoms with Gasteiger partial charge in [-0.3, -0.25) is 0 Å². The highest BCUT2D eigenvalue weighted by molar-refractivity contribution is 9.10. The largest absolute Gasteiger partial charge is 0.398 e. The number of rotatable bonds is 4. The molecule has 1 atom stereocenters. The highest BCUT2D eigenvalue weighted by Gasteiger charge is 2.27. The lowest BCUT2D eigenvalue weighted by Gasteiger charge is -2.28. The van der Waals surface area contributed by atoms with Gasteiger partial charge in [0.15, 0.2) is 0 Å². The van der Waals surface area contributed by atoms with E-state index in [1.165, 1.54) is 6.42 Å². The minimum atomic E-state index is -3.90. The number of sulfonamides is 1. The van der Waals surface area contributed by atoms with Crippen LogP contribution < -0.4 is 10.5 Å². The van der Waals surface area contributed by atoms with Crippen LogP contribution in [0.25, 0.3) is 0 Å². The van der Waals surface area contributed by atoms with E-state index in [1.807, 2.05) is 6.92 Å². The molecule has 1 aromatic carbocycles. The Bertz CT molecular complexity index is 616. The molecule has 1 aromatic rings. The summed E-state index contributed by atoms with van der Waals surface area (Å²) in [5.74, 6) is -0.496. The van der Waals surface area contributed by atoms with Crippen molar-refractivity contribution in [3.63, 3.8) is 0 Å². The first-order valence-electron chi connectivity index (χ1n) is 7.08. The Kier molecular flexibility index (Phi) is 5.27. The van der Waals surface area contributed by atoms with Crippen molar-refractivity contribution in [2.45, 2.75) is 50.0 Å². The van der Waals surface area contributed by atoms with Gasteiger partial charge in [0.25, 0.3) is 0 Å². The lowest BCUT2D eigenvalue weighted by molar-refractivity contribution is 0.303. The van der Waals surface area contributed by atoms with E-state index in [-0.39, 0.29) is 11.7 Å². The van der Waals surface area contributed by atoms with E-state index in [1.54, 1.807) is 0 Å². The molecule has 21 heavy (non-hydrogen) atoms. The predicted molar refractivity (Wildman–Crippen MR) is 84.9 cm³/mol. The van der Waals surface area contributed by atoms with Crippen molar-refractivity contribution < 1.29 is 12.8 Å². The molecule has 1 unspecified atom stereocenters. The zero-order chi connectivity index (χ0) is 15.6. The van der Waals surface area contributed by atoms with Crippen molar-refractivity contribution in [2.75, 3.05) is 5.73 Å². The summed E-state index contributed by atoms with van der Waals surface area (Å²) in [7, 11) is -3.90. The number of anilines is 1. The molecule has 0 amide bonds. The van der Waals surface area contributed by atoms with E-state index in [4.69, 9.17) is 5.73 Å². The van der Waals surface area contributed by atoms with Crippen LogP contribution >= 0.6 is 15.9 Å². The van der Waals surface area contributed by atoms with E-state index in [0.717, 1.165) is 37.8 Å². The molecule has 118 valence electrons. The molecule has 1 fully saturated rings. The summed E-state index contributed by atoms with van der Waals surface area (Å²) in [5.41, 5.74) is 5.85. The second-order valence-corrected chi connectivity index (χ2v) is 8.15. The third-order valence-corrected chi connectivity index (χ3v) is 6.30. The molecule has 0 saturated heterocycles. The zero-order valence-electron chi connectivity index (χ0n) is 11.9. The third-order valence-electron chi connectivity index (χ3n) is 4.04. The van der Waals surface area contributed by atoms with Gasteiger partial charge in [-0.1, -0.05) is 19.3 Å². The summed E-state index contributed by atoms with van der Waals surface area (Å²) in [6.45, 7) is 1.84. The summed E-state index contributed by atoms with van der Waals surface area (Å²) in [5, 5.41) is 0. The lowest BCUT2D eigenvalue weighted by Crippen LogP contribution is -2.39. The van der Waals surface area contributed by atoms with Gasteiger partial charge in [0.2, 0.25) is 10.0 Å². The van der Waals surface area contributed by atoms with Crippen molar-refractivity contribution >= 4 is 31.6 Å². The monoisotopic (exact) mass is 378 g/mol. The zero-order valence-corrected chi connectivity index (χ0v) is 14.3. The van der Waals surface area contributed by atoms with Crippen molar-refractivity contribution in [1.82, 2.24) is 4.72 Å². The number of benzene rings is 1. The second kappa shape index (κ2) is 6.62. The topological polar surface area (TPSA) is 72.2 Å². The molecule has 0 aliphatic heterocycles. The molecule has 2 rings (SSSR count). The Labute approximate surface area is 133 Å². The fourth-order valence-electron chi connectivity index (χ4n) is 2.79. The molecular weight excluding hydrogens is 359 g/mol. The first-order valence-corrected chi connectivity index (χ1v) is 9.35. The van der Waals surface area contributed by atoms with Gasteiger partial charge in [-0.25, -0.2) is 17.5 Å². The molecular formula is C14H20BrFN2O2S. The van der Waals surface area contributed by atoms with Crippen LogP contribution in [0.4, 0.5) is 10.1 Å². The molecule has 1 aliphatic rings. The average molecular weight is 379 g/mol. The fourth-order valence-corrected chi connectivity index (χ4v) is 4.51. The molecule has 1 aliphatic carbocycles. The maximum absolute atomic E-state index is 13.9. The molecule has 0 radical (unpaired) electrons. The van der Waals surface area contributed by atoms with E-state index in [9.17, 15) is 12.8 Å². The van der Waals surface area contributed by atoms with Crippen LogP contribution in [0.15, 0.2) is 21.5 Å². The number of hydrogen-bond acceptors (Lipinski definition) is 3. The summed E-state index contributed by atoms with van der Waals surface area (Å²) >= 11 is 3.08. The Morgan fingerprint density at radius 3 is 2.57 bits per heavy atom. The van der Waals surface area contributed by atoms with Gasteiger partial charge in [0, 0.05) is 16.2 Å². The third kappa shape index (κ3) is 3.96. The molecule has 0 heterocycles. The normalized spacial score (nSPS) is 18.6. The summed E-state index contributed by atoms with van der Waals surface area (Å²) in [4.78, 5) is -0.397. The van der Waals surface area contributed by atoms with Crippen LogP contribution in [-0.2, 0) is 10.0 Å². The first-order chi connectivity index (χ1) is 9.81. The maximum Gasteiger partial charge on any atom is 0.243 e. The highest BCUT2D eigenvalue weighted by atomic mass is 79.9. The molecule has 3 N–H and O–H groups in total. The summed E-state index contributed by atoms with van der Waals surface area (Å²) in [6.07, 6.45) is 5.46. The van der Waals surface area contributed by atoms with Crippen molar-refractivity contribution in [3.05, 3.63) is 22.4 Å². The number of halogens is 2. The summed E-state index contributed by atoms with van der Waals surface area (Å²) in [6, 6.07) is 2.02.